The summed E-state index contributed by atoms with van der Waals surface area (Å²) in [6, 6.07) is 18.1. The summed E-state index contributed by atoms with van der Waals surface area (Å²) in [5.41, 5.74) is 5.20. The molecule has 2 aromatic carbocycles. The number of pyridine rings is 1. The molecule has 0 spiro atoms. The minimum absolute atomic E-state index is 0.111. The number of aromatic nitrogens is 1. The number of rotatable bonds is 4. The van der Waals surface area contributed by atoms with Crippen LogP contribution < -0.4 is 15.4 Å². The summed E-state index contributed by atoms with van der Waals surface area (Å²) in [4.78, 5) is 8.77. The zero-order valence-corrected chi connectivity index (χ0v) is 14.7. The van der Waals surface area contributed by atoms with Gasteiger partial charge in [-0.05, 0) is 55.8 Å². The Bertz CT molecular complexity index is 950. The van der Waals surface area contributed by atoms with Gasteiger partial charge in [-0.3, -0.25) is 4.98 Å². The lowest BCUT2D eigenvalue weighted by atomic mass is 10.1. The van der Waals surface area contributed by atoms with Gasteiger partial charge in [0.2, 0.25) is 0 Å². The van der Waals surface area contributed by atoms with Crippen LogP contribution in [0.4, 0.5) is 11.4 Å². The molecule has 0 fully saturated rings. The van der Waals surface area contributed by atoms with Crippen molar-refractivity contribution < 1.29 is 4.74 Å². The summed E-state index contributed by atoms with van der Waals surface area (Å²) in [6.07, 6.45) is 3.36. The van der Waals surface area contributed by atoms with Crippen LogP contribution in [0.5, 0.6) is 11.5 Å². The normalized spacial score (nSPS) is 15.1. The Morgan fingerprint density at radius 2 is 1.92 bits per heavy atom. The molecule has 1 aliphatic rings. The molecule has 2 heterocycles. The third-order valence-electron chi connectivity index (χ3n) is 4.29. The molecule has 1 unspecified atom stereocenters. The van der Waals surface area contributed by atoms with E-state index in [0.29, 0.717) is 0 Å². The number of fused-ring (bicyclic) bond motifs is 1. The third kappa shape index (κ3) is 3.37. The average molecular weight is 344 g/mol. The van der Waals surface area contributed by atoms with E-state index < -0.39 is 0 Å². The number of para-hydroxylation sites is 1. The Morgan fingerprint density at radius 1 is 1.04 bits per heavy atom. The Hall–Kier alpha value is -3.34. The first-order valence-electron chi connectivity index (χ1n) is 8.54. The number of hydrogen-bond acceptors (Lipinski definition) is 5. The quantitative estimate of drug-likeness (QED) is 0.695. The summed E-state index contributed by atoms with van der Waals surface area (Å²) < 4.78 is 5.94. The number of nitrogens with one attached hydrogen (secondary N) is 2. The molecule has 0 saturated heterocycles. The van der Waals surface area contributed by atoms with Crippen LogP contribution in [0.1, 0.15) is 23.0 Å². The van der Waals surface area contributed by atoms with Gasteiger partial charge in [0.25, 0.3) is 0 Å². The fourth-order valence-electron chi connectivity index (χ4n) is 2.90. The second kappa shape index (κ2) is 6.88. The highest BCUT2D eigenvalue weighted by Gasteiger charge is 2.16. The van der Waals surface area contributed by atoms with Gasteiger partial charge >= 0.3 is 0 Å². The van der Waals surface area contributed by atoms with Crippen molar-refractivity contribution in [3.05, 3.63) is 77.6 Å². The van der Waals surface area contributed by atoms with Crippen LogP contribution in [-0.4, -0.2) is 11.3 Å². The maximum Gasteiger partial charge on any atom is 0.148 e. The molecule has 0 amide bonds. The van der Waals surface area contributed by atoms with Crippen LogP contribution in [0.25, 0.3) is 0 Å². The van der Waals surface area contributed by atoms with Gasteiger partial charge in [0.15, 0.2) is 0 Å². The summed E-state index contributed by atoms with van der Waals surface area (Å²) in [6.45, 7) is 3.98. The van der Waals surface area contributed by atoms with Crippen molar-refractivity contribution in [2.45, 2.75) is 20.0 Å². The van der Waals surface area contributed by atoms with E-state index in [0.717, 1.165) is 39.7 Å². The second-order valence-electron chi connectivity index (χ2n) is 6.27. The molecule has 2 N–H and O–H groups in total. The molecular formula is C21H20N4O. The molecule has 0 aliphatic carbocycles. The fraction of sp³-hybridized carbons (Fsp3) is 0.143. The van der Waals surface area contributed by atoms with Crippen molar-refractivity contribution in [1.82, 2.24) is 4.98 Å². The molecule has 1 aromatic heterocycles. The predicted octanol–water partition coefficient (Wildman–Crippen LogP) is 5.06. The van der Waals surface area contributed by atoms with Gasteiger partial charge in [-0.1, -0.05) is 18.2 Å². The van der Waals surface area contributed by atoms with E-state index in [1.165, 1.54) is 0 Å². The lowest BCUT2D eigenvalue weighted by Crippen LogP contribution is -2.16. The van der Waals surface area contributed by atoms with Crippen LogP contribution in [0.2, 0.25) is 0 Å². The SMILES string of the molecule is Cc1ccc(Oc2ccc(NC3N=CNc4ccccc43)cc2C)cn1. The van der Waals surface area contributed by atoms with Gasteiger partial charge in [-0.2, -0.15) is 0 Å². The van der Waals surface area contributed by atoms with Crippen LogP contribution in [0.3, 0.4) is 0 Å². The van der Waals surface area contributed by atoms with Crippen LogP contribution >= 0.6 is 0 Å². The molecule has 0 saturated carbocycles. The third-order valence-corrected chi connectivity index (χ3v) is 4.29. The standard InChI is InChI=1S/C21H20N4O/c1-14-11-16(8-10-20(14)26-17-9-7-15(2)22-12-17)25-21-18-5-3-4-6-19(18)23-13-24-21/h3-13,21,25H,1-2H3,(H,23,24). The van der Waals surface area contributed by atoms with E-state index in [9.17, 15) is 0 Å². The van der Waals surface area contributed by atoms with Crippen molar-refractivity contribution in [1.29, 1.82) is 0 Å². The highest BCUT2D eigenvalue weighted by molar-refractivity contribution is 5.81. The van der Waals surface area contributed by atoms with Crippen LogP contribution in [0.15, 0.2) is 65.8 Å². The fourth-order valence-corrected chi connectivity index (χ4v) is 2.90. The molecule has 26 heavy (non-hydrogen) atoms. The summed E-state index contributed by atoms with van der Waals surface area (Å²) in [5.74, 6) is 1.55. The van der Waals surface area contributed by atoms with Gasteiger partial charge < -0.3 is 15.4 Å². The van der Waals surface area contributed by atoms with Crippen molar-refractivity contribution in [3.63, 3.8) is 0 Å². The number of nitrogens with zero attached hydrogens (tertiary/aromatic N) is 2. The van der Waals surface area contributed by atoms with Gasteiger partial charge in [-0.15, -0.1) is 0 Å². The van der Waals surface area contributed by atoms with E-state index in [4.69, 9.17) is 4.74 Å². The second-order valence-corrected chi connectivity index (χ2v) is 6.27. The highest BCUT2D eigenvalue weighted by Crippen LogP contribution is 2.32. The molecule has 0 radical (unpaired) electrons. The first kappa shape index (κ1) is 16.1. The largest absolute Gasteiger partial charge is 0.455 e. The van der Waals surface area contributed by atoms with Gasteiger partial charge in [0.1, 0.15) is 17.7 Å². The first-order valence-corrected chi connectivity index (χ1v) is 8.54. The summed E-state index contributed by atoms with van der Waals surface area (Å²) in [7, 11) is 0. The molecule has 5 heteroatoms. The minimum atomic E-state index is -0.111. The summed E-state index contributed by atoms with van der Waals surface area (Å²) in [5, 5.41) is 6.64. The van der Waals surface area contributed by atoms with E-state index in [-0.39, 0.29) is 6.17 Å². The van der Waals surface area contributed by atoms with Crippen molar-refractivity contribution in [2.24, 2.45) is 4.99 Å². The number of anilines is 2. The lowest BCUT2D eigenvalue weighted by molar-refractivity contribution is 0.476. The van der Waals surface area contributed by atoms with E-state index in [1.807, 2.05) is 56.3 Å². The number of aryl methyl sites for hydroxylation is 2. The van der Waals surface area contributed by atoms with E-state index in [1.54, 1.807) is 12.5 Å². The predicted molar refractivity (Wildman–Crippen MR) is 105 cm³/mol. The van der Waals surface area contributed by atoms with Crippen molar-refractivity contribution in [3.8, 4) is 11.5 Å². The Balaban J connectivity index is 1.52. The van der Waals surface area contributed by atoms with Crippen molar-refractivity contribution >= 4 is 17.7 Å². The number of ether oxygens (including phenoxy) is 1. The van der Waals surface area contributed by atoms with Gasteiger partial charge in [0, 0.05) is 22.6 Å². The molecule has 3 aromatic rings. The highest BCUT2D eigenvalue weighted by atomic mass is 16.5. The smallest absolute Gasteiger partial charge is 0.148 e. The molecule has 130 valence electrons. The van der Waals surface area contributed by atoms with E-state index in [2.05, 4.69) is 32.7 Å². The summed E-state index contributed by atoms with van der Waals surface area (Å²) >= 11 is 0. The number of hydrogen-bond donors (Lipinski definition) is 2. The first-order chi connectivity index (χ1) is 12.7. The maximum atomic E-state index is 5.94. The Labute approximate surface area is 152 Å². The number of benzene rings is 2. The number of aliphatic imine (C=N–C) groups is 1. The maximum absolute atomic E-state index is 5.94. The average Bonchev–Trinajstić information content (AvgIpc) is 2.66. The monoisotopic (exact) mass is 344 g/mol. The van der Waals surface area contributed by atoms with Crippen LogP contribution in [-0.2, 0) is 0 Å². The van der Waals surface area contributed by atoms with Gasteiger partial charge in [0.05, 0.1) is 12.5 Å². The topological polar surface area (TPSA) is 58.5 Å². The molecule has 0 bridgehead atoms. The molecular weight excluding hydrogens is 324 g/mol. The minimum Gasteiger partial charge on any atom is -0.455 e. The molecule has 4 rings (SSSR count). The zero-order valence-electron chi connectivity index (χ0n) is 14.7. The molecule has 1 atom stereocenters. The Kier molecular flexibility index (Phi) is 4.27. The zero-order chi connectivity index (χ0) is 17.9. The molecule has 1 aliphatic heterocycles. The Morgan fingerprint density at radius 3 is 2.73 bits per heavy atom. The van der Waals surface area contributed by atoms with Crippen LogP contribution in [0, 0.1) is 13.8 Å². The van der Waals surface area contributed by atoms with Crippen molar-refractivity contribution in [2.75, 3.05) is 10.6 Å². The lowest BCUT2D eigenvalue weighted by Gasteiger charge is -2.23. The molecule has 5 nitrogen and oxygen atoms in total. The van der Waals surface area contributed by atoms with Gasteiger partial charge in [-0.25, -0.2) is 4.99 Å². The van der Waals surface area contributed by atoms with E-state index >= 15 is 0 Å².